The first-order valence-corrected chi connectivity index (χ1v) is 6.37. The summed E-state index contributed by atoms with van der Waals surface area (Å²) in [5.74, 6) is 0.864. The average molecular weight is 291 g/mol. The van der Waals surface area contributed by atoms with Gasteiger partial charge in [0.2, 0.25) is 0 Å². The minimum atomic E-state index is 0.654. The molecule has 2 heterocycles. The van der Waals surface area contributed by atoms with Gasteiger partial charge in [0.05, 0.1) is 5.69 Å². The first-order valence-electron chi connectivity index (χ1n) is 3.88. The molecule has 0 fully saturated rings. The zero-order valence-electron chi connectivity index (χ0n) is 7.57. The molecule has 0 N–H and O–H groups in total. The van der Waals surface area contributed by atoms with Crippen LogP contribution >= 0.6 is 39.0 Å². The maximum absolute atomic E-state index is 5.43. The third-order valence-electron chi connectivity index (χ3n) is 1.64. The van der Waals surface area contributed by atoms with Gasteiger partial charge in [-0.1, -0.05) is 0 Å². The van der Waals surface area contributed by atoms with Crippen molar-refractivity contribution >= 4 is 39.0 Å². The molecule has 6 heteroatoms. The van der Waals surface area contributed by atoms with E-state index in [-0.39, 0.29) is 0 Å². The van der Waals surface area contributed by atoms with Crippen molar-refractivity contribution in [3.63, 3.8) is 0 Å². The third-order valence-corrected chi connectivity index (χ3v) is 4.14. The van der Waals surface area contributed by atoms with E-state index in [0.29, 0.717) is 5.22 Å². The van der Waals surface area contributed by atoms with Gasteiger partial charge in [-0.05, 0) is 29.8 Å². The monoisotopic (exact) mass is 290 g/mol. The molecule has 2 aromatic rings. The number of hydrogen-bond donors (Lipinski definition) is 0. The fraction of sp³-hybridized carbons (Fsp3) is 0.250. The number of rotatable bonds is 2. The van der Waals surface area contributed by atoms with Crippen molar-refractivity contribution in [3.8, 4) is 0 Å². The predicted molar refractivity (Wildman–Crippen MR) is 59.9 cm³/mol. The summed E-state index contributed by atoms with van der Waals surface area (Å²) in [6, 6.07) is 0. The standard InChI is InChI=1S/C8H7BrN2OS2/c1-4-5(2)12-7(10-4)14-8-11-6(9)3-13-8/h3H,1-2H3. The van der Waals surface area contributed by atoms with E-state index < -0.39 is 0 Å². The second kappa shape index (κ2) is 4.04. The van der Waals surface area contributed by atoms with Crippen LogP contribution in [0.25, 0.3) is 0 Å². The van der Waals surface area contributed by atoms with Gasteiger partial charge in [0, 0.05) is 17.1 Å². The lowest BCUT2D eigenvalue weighted by Gasteiger charge is -1.87. The number of halogens is 1. The Labute approximate surface area is 98.1 Å². The lowest BCUT2D eigenvalue weighted by atomic mass is 10.4. The number of nitrogens with zero attached hydrogens (tertiary/aromatic N) is 2. The SMILES string of the molecule is Cc1nc(Sc2nc(Br)cs2)oc1C. The number of oxazole rings is 1. The van der Waals surface area contributed by atoms with E-state index in [0.717, 1.165) is 20.4 Å². The summed E-state index contributed by atoms with van der Waals surface area (Å²) < 4.78 is 7.21. The molecule has 0 atom stereocenters. The van der Waals surface area contributed by atoms with Crippen LogP contribution in [0.1, 0.15) is 11.5 Å². The third kappa shape index (κ3) is 2.18. The Hall–Kier alpha value is -0.330. The quantitative estimate of drug-likeness (QED) is 0.846. The molecule has 0 aliphatic rings. The largest absolute Gasteiger partial charge is 0.436 e. The molecule has 0 aliphatic carbocycles. The molecular formula is C8H7BrN2OS2. The normalized spacial score (nSPS) is 10.8. The average Bonchev–Trinajstić information content (AvgIpc) is 2.62. The predicted octanol–water partition coefficient (Wildman–Crippen LogP) is 3.66. The molecule has 3 nitrogen and oxygen atoms in total. The van der Waals surface area contributed by atoms with Crippen LogP contribution in [0.3, 0.4) is 0 Å². The second-order valence-electron chi connectivity index (χ2n) is 2.66. The summed E-state index contributed by atoms with van der Waals surface area (Å²) in [6.07, 6.45) is 0. The molecule has 0 spiro atoms. The van der Waals surface area contributed by atoms with E-state index in [1.54, 1.807) is 11.3 Å². The van der Waals surface area contributed by atoms with Gasteiger partial charge in [-0.3, -0.25) is 0 Å². The molecule has 0 radical (unpaired) electrons. The zero-order chi connectivity index (χ0) is 10.1. The van der Waals surface area contributed by atoms with Crippen molar-refractivity contribution in [3.05, 3.63) is 21.4 Å². The first kappa shape index (κ1) is 10.2. The summed E-state index contributed by atoms with van der Waals surface area (Å²) >= 11 is 6.31. The topological polar surface area (TPSA) is 38.9 Å². The summed E-state index contributed by atoms with van der Waals surface area (Å²) in [4.78, 5) is 8.51. The maximum Gasteiger partial charge on any atom is 0.263 e. The van der Waals surface area contributed by atoms with E-state index in [2.05, 4.69) is 25.9 Å². The Balaban J connectivity index is 2.18. The molecule has 0 saturated carbocycles. The van der Waals surface area contributed by atoms with Crippen molar-refractivity contribution < 1.29 is 4.42 Å². The Kier molecular flexibility index (Phi) is 2.94. The Morgan fingerprint density at radius 1 is 1.43 bits per heavy atom. The minimum Gasteiger partial charge on any atom is -0.436 e. The molecule has 0 aliphatic heterocycles. The zero-order valence-corrected chi connectivity index (χ0v) is 10.8. The second-order valence-corrected chi connectivity index (χ2v) is 5.53. The van der Waals surface area contributed by atoms with Crippen LogP contribution in [0.2, 0.25) is 0 Å². The summed E-state index contributed by atoms with van der Waals surface area (Å²) in [5, 5.41) is 2.59. The van der Waals surface area contributed by atoms with Crippen molar-refractivity contribution in [1.82, 2.24) is 9.97 Å². The van der Waals surface area contributed by atoms with E-state index >= 15 is 0 Å². The summed E-state index contributed by atoms with van der Waals surface area (Å²) in [5.41, 5.74) is 0.933. The molecule has 74 valence electrons. The first-order chi connectivity index (χ1) is 6.65. The molecule has 0 aromatic carbocycles. The highest BCUT2D eigenvalue weighted by atomic mass is 79.9. The molecular weight excluding hydrogens is 284 g/mol. The Morgan fingerprint density at radius 2 is 2.21 bits per heavy atom. The number of aromatic nitrogens is 2. The molecule has 0 bridgehead atoms. The van der Waals surface area contributed by atoms with Crippen LogP contribution in [-0.4, -0.2) is 9.97 Å². The van der Waals surface area contributed by atoms with Crippen molar-refractivity contribution in [1.29, 1.82) is 0 Å². The summed E-state index contributed by atoms with van der Waals surface area (Å²) in [7, 11) is 0. The highest BCUT2D eigenvalue weighted by molar-refractivity contribution is 9.10. The van der Waals surface area contributed by atoms with Gasteiger partial charge in [-0.15, -0.1) is 11.3 Å². The summed E-state index contributed by atoms with van der Waals surface area (Å²) in [6.45, 7) is 3.84. The molecule has 0 amide bonds. The van der Waals surface area contributed by atoms with Crippen LogP contribution in [0.4, 0.5) is 0 Å². The lowest BCUT2D eigenvalue weighted by molar-refractivity contribution is 0.431. The van der Waals surface area contributed by atoms with Gasteiger partial charge in [0.15, 0.2) is 4.34 Å². The van der Waals surface area contributed by atoms with Crippen LogP contribution in [0.5, 0.6) is 0 Å². The van der Waals surface area contributed by atoms with Gasteiger partial charge < -0.3 is 4.42 Å². The minimum absolute atomic E-state index is 0.654. The molecule has 2 aromatic heterocycles. The highest BCUT2D eigenvalue weighted by Gasteiger charge is 2.09. The van der Waals surface area contributed by atoms with Crippen molar-refractivity contribution in [2.24, 2.45) is 0 Å². The molecule has 0 unspecified atom stereocenters. The number of thiazole rings is 1. The van der Waals surface area contributed by atoms with Crippen LogP contribution in [-0.2, 0) is 0 Å². The van der Waals surface area contributed by atoms with E-state index in [4.69, 9.17) is 4.42 Å². The van der Waals surface area contributed by atoms with E-state index in [1.165, 1.54) is 11.8 Å². The van der Waals surface area contributed by atoms with Gasteiger partial charge in [0.1, 0.15) is 10.4 Å². The van der Waals surface area contributed by atoms with Gasteiger partial charge in [-0.25, -0.2) is 9.97 Å². The van der Waals surface area contributed by atoms with E-state index in [9.17, 15) is 0 Å². The van der Waals surface area contributed by atoms with Gasteiger partial charge in [-0.2, -0.15) is 0 Å². The highest BCUT2D eigenvalue weighted by Crippen LogP contribution is 2.31. The lowest BCUT2D eigenvalue weighted by Crippen LogP contribution is -1.73. The van der Waals surface area contributed by atoms with Crippen LogP contribution in [0, 0.1) is 13.8 Å². The molecule has 0 saturated heterocycles. The smallest absolute Gasteiger partial charge is 0.263 e. The number of aryl methyl sites for hydroxylation is 2. The number of hydrogen-bond acceptors (Lipinski definition) is 5. The van der Waals surface area contributed by atoms with Crippen LogP contribution in [0.15, 0.2) is 24.0 Å². The van der Waals surface area contributed by atoms with Crippen molar-refractivity contribution in [2.45, 2.75) is 23.4 Å². The van der Waals surface area contributed by atoms with E-state index in [1.807, 2.05) is 19.2 Å². The van der Waals surface area contributed by atoms with Crippen molar-refractivity contribution in [2.75, 3.05) is 0 Å². The van der Waals surface area contributed by atoms with Gasteiger partial charge >= 0.3 is 0 Å². The molecule has 2 rings (SSSR count). The molecule has 14 heavy (non-hydrogen) atoms. The Bertz CT molecular complexity index is 432. The maximum atomic E-state index is 5.43. The Morgan fingerprint density at radius 3 is 2.71 bits per heavy atom. The fourth-order valence-corrected chi connectivity index (χ4v) is 3.13. The van der Waals surface area contributed by atoms with Gasteiger partial charge in [0.25, 0.3) is 5.22 Å². The fourth-order valence-electron chi connectivity index (χ4n) is 0.847. The van der Waals surface area contributed by atoms with Crippen LogP contribution < -0.4 is 0 Å².